The summed E-state index contributed by atoms with van der Waals surface area (Å²) in [5.74, 6) is 1.14. The molecule has 0 saturated heterocycles. The molecule has 20 heavy (non-hydrogen) atoms. The number of hydrogen-bond acceptors (Lipinski definition) is 7. The summed E-state index contributed by atoms with van der Waals surface area (Å²) in [7, 11) is 0. The van der Waals surface area contributed by atoms with Crippen LogP contribution >= 0.6 is 11.6 Å². The van der Waals surface area contributed by atoms with E-state index in [0.29, 0.717) is 24.4 Å². The van der Waals surface area contributed by atoms with Crippen LogP contribution in [-0.4, -0.2) is 47.5 Å². The highest BCUT2D eigenvalue weighted by Crippen LogP contribution is 2.25. The molecule has 9 heteroatoms. The Morgan fingerprint density at radius 3 is 2.95 bits per heavy atom. The zero-order valence-corrected chi connectivity index (χ0v) is 11.4. The summed E-state index contributed by atoms with van der Waals surface area (Å²) in [4.78, 5) is 16.1. The maximum Gasteiger partial charge on any atom is 0.258 e. The molecular formula is C11H14ClN7O. The Hall–Kier alpha value is -1.80. The van der Waals surface area contributed by atoms with Gasteiger partial charge in [-0.2, -0.15) is 24.7 Å². The second kappa shape index (κ2) is 5.68. The molecule has 1 saturated carbocycles. The smallest absolute Gasteiger partial charge is 0.258 e. The number of hydrogen-bond donors (Lipinski definition) is 2. The van der Waals surface area contributed by atoms with Crippen molar-refractivity contribution in [3.05, 3.63) is 17.9 Å². The minimum atomic E-state index is -0.186. The van der Waals surface area contributed by atoms with Crippen LogP contribution in [0, 0.1) is 5.92 Å². The van der Waals surface area contributed by atoms with E-state index in [9.17, 15) is 5.11 Å². The first-order valence-electron chi connectivity index (χ1n) is 6.39. The van der Waals surface area contributed by atoms with E-state index in [0.717, 1.165) is 19.3 Å². The molecule has 1 fully saturated rings. The van der Waals surface area contributed by atoms with Gasteiger partial charge in [0, 0.05) is 6.54 Å². The van der Waals surface area contributed by atoms with Crippen LogP contribution < -0.4 is 5.32 Å². The molecule has 0 bridgehead atoms. The molecule has 2 N–H and O–H groups in total. The molecule has 2 aromatic heterocycles. The van der Waals surface area contributed by atoms with Crippen molar-refractivity contribution in [2.45, 2.75) is 25.4 Å². The number of rotatable bonds is 4. The lowest BCUT2D eigenvalue weighted by molar-refractivity contribution is 0.178. The Morgan fingerprint density at radius 1 is 1.35 bits per heavy atom. The maximum absolute atomic E-state index is 9.50. The predicted molar refractivity (Wildman–Crippen MR) is 71.6 cm³/mol. The van der Waals surface area contributed by atoms with E-state index in [2.05, 4.69) is 30.4 Å². The Kier molecular flexibility index (Phi) is 3.75. The molecule has 0 spiro atoms. The fourth-order valence-corrected chi connectivity index (χ4v) is 2.46. The molecule has 2 atom stereocenters. The van der Waals surface area contributed by atoms with Crippen molar-refractivity contribution in [3.8, 4) is 5.95 Å². The molecule has 0 aromatic carbocycles. The first kappa shape index (κ1) is 13.2. The van der Waals surface area contributed by atoms with Crippen molar-refractivity contribution in [3.63, 3.8) is 0 Å². The number of aromatic nitrogens is 6. The van der Waals surface area contributed by atoms with Crippen molar-refractivity contribution in [2.24, 2.45) is 5.92 Å². The van der Waals surface area contributed by atoms with Gasteiger partial charge in [0.05, 0.1) is 6.10 Å². The SMILES string of the molecule is OC1CCC(CNc2nc(Cl)nc(-n3cncn3)n2)C1. The van der Waals surface area contributed by atoms with Crippen LogP contribution in [0.1, 0.15) is 19.3 Å². The minimum absolute atomic E-state index is 0.0967. The van der Waals surface area contributed by atoms with Crippen molar-refractivity contribution in [1.82, 2.24) is 29.7 Å². The zero-order chi connectivity index (χ0) is 13.9. The summed E-state index contributed by atoms with van der Waals surface area (Å²) >= 11 is 5.88. The van der Waals surface area contributed by atoms with E-state index in [1.807, 2.05) is 0 Å². The van der Waals surface area contributed by atoms with Crippen LogP contribution in [0.25, 0.3) is 5.95 Å². The summed E-state index contributed by atoms with van der Waals surface area (Å²) in [6.45, 7) is 0.703. The van der Waals surface area contributed by atoms with Crippen LogP contribution in [0.3, 0.4) is 0 Å². The van der Waals surface area contributed by atoms with E-state index < -0.39 is 0 Å². The molecular weight excluding hydrogens is 282 g/mol. The lowest BCUT2D eigenvalue weighted by atomic mass is 10.1. The summed E-state index contributed by atoms with van der Waals surface area (Å²) in [5, 5.41) is 16.7. The van der Waals surface area contributed by atoms with Gasteiger partial charge in [0.1, 0.15) is 12.7 Å². The number of aliphatic hydroxyl groups excluding tert-OH is 1. The van der Waals surface area contributed by atoms with Gasteiger partial charge in [-0.3, -0.25) is 0 Å². The predicted octanol–water partition coefficient (Wildman–Crippen LogP) is 0.679. The van der Waals surface area contributed by atoms with Crippen molar-refractivity contribution >= 4 is 17.5 Å². The lowest BCUT2D eigenvalue weighted by Gasteiger charge is -2.11. The second-order valence-corrected chi connectivity index (χ2v) is 5.12. The van der Waals surface area contributed by atoms with Crippen molar-refractivity contribution in [2.75, 3.05) is 11.9 Å². The van der Waals surface area contributed by atoms with Gasteiger partial charge in [0.25, 0.3) is 5.95 Å². The number of halogens is 1. The second-order valence-electron chi connectivity index (χ2n) is 4.78. The Bertz CT molecular complexity index is 576. The van der Waals surface area contributed by atoms with Gasteiger partial charge in [0.15, 0.2) is 0 Å². The number of aliphatic hydroxyl groups is 1. The number of nitrogens with one attached hydrogen (secondary N) is 1. The highest BCUT2D eigenvalue weighted by Gasteiger charge is 2.22. The first-order chi connectivity index (χ1) is 9.70. The third-order valence-electron chi connectivity index (χ3n) is 3.28. The summed E-state index contributed by atoms with van der Waals surface area (Å²) in [5.41, 5.74) is 0. The Balaban J connectivity index is 1.70. The average molecular weight is 296 g/mol. The van der Waals surface area contributed by atoms with E-state index >= 15 is 0 Å². The number of nitrogens with zero attached hydrogens (tertiary/aromatic N) is 6. The van der Waals surface area contributed by atoms with Gasteiger partial charge in [0.2, 0.25) is 11.2 Å². The monoisotopic (exact) mass is 295 g/mol. The third kappa shape index (κ3) is 3.02. The molecule has 106 valence electrons. The van der Waals surface area contributed by atoms with Crippen LogP contribution in [0.4, 0.5) is 5.95 Å². The van der Waals surface area contributed by atoms with E-state index in [4.69, 9.17) is 11.6 Å². The van der Waals surface area contributed by atoms with Crippen LogP contribution in [0.2, 0.25) is 5.28 Å². The topological polar surface area (TPSA) is 102 Å². The van der Waals surface area contributed by atoms with Crippen molar-refractivity contribution < 1.29 is 5.11 Å². The fourth-order valence-electron chi connectivity index (χ4n) is 2.30. The largest absolute Gasteiger partial charge is 0.393 e. The highest BCUT2D eigenvalue weighted by atomic mass is 35.5. The van der Waals surface area contributed by atoms with Gasteiger partial charge in [-0.05, 0) is 36.8 Å². The maximum atomic E-state index is 9.50. The van der Waals surface area contributed by atoms with Gasteiger partial charge in [-0.1, -0.05) is 0 Å². The van der Waals surface area contributed by atoms with Crippen LogP contribution in [0.15, 0.2) is 12.7 Å². The molecule has 1 aliphatic rings. The molecule has 1 aliphatic carbocycles. The lowest BCUT2D eigenvalue weighted by Crippen LogP contribution is -2.16. The molecule has 2 heterocycles. The van der Waals surface area contributed by atoms with Gasteiger partial charge in [-0.15, -0.1) is 0 Å². The van der Waals surface area contributed by atoms with Crippen LogP contribution in [-0.2, 0) is 0 Å². The molecule has 8 nitrogen and oxygen atoms in total. The number of anilines is 1. The highest BCUT2D eigenvalue weighted by molar-refractivity contribution is 6.28. The molecule has 2 unspecified atom stereocenters. The van der Waals surface area contributed by atoms with Gasteiger partial charge < -0.3 is 10.4 Å². The average Bonchev–Trinajstić information content (AvgIpc) is 3.07. The Labute approximate surface area is 120 Å². The van der Waals surface area contributed by atoms with Gasteiger partial charge >= 0.3 is 0 Å². The van der Waals surface area contributed by atoms with E-state index in [1.54, 1.807) is 0 Å². The normalized spacial score (nSPS) is 22.1. The first-order valence-corrected chi connectivity index (χ1v) is 6.77. The molecule has 2 aromatic rings. The van der Waals surface area contributed by atoms with E-state index in [1.165, 1.54) is 17.3 Å². The molecule has 0 aliphatic heterocycles. The van der Waals surface area contributed by atoms with Crippen LogP contribution in [0.5, 0.6) is 0 Å². The molecule has 0 radical (unpaired) electrons. The Morgan fingerprint density at radius 2 is 2.25 bits per heavy atom. The molecule has 0 amide bonds. The quantitative estimate of drug-likeness (QED) is 0.855. The standard InChI is InChI=1S/C11H14ClN7O/c12-9-16-10(14-4-7-1-2-8(20)3-7)18-11(17-9)19-6-13-5-15-19/h5-8,20H,1-4H2,(H,14,16,17,18). The van der Waals surface area contributed by atoms with Crippen molar-refractivity contribution in [1.29, 1.82) is 0 Å². The van der Waals surface area contributed by atoms with Gasteiger partial charge in [-0.25, -0.2) is 4.98 Å². The summed E-state index contributed by atoms with van der Waals surface area (Å²) < 4.78 is 1.41. The summed E-state index contributed by atoms with van der Waals surface area (Å²) in [6.07, 6.45) is 5.36. The molecule has 3 rings (SSSR count). The summed E-state index contributed by atoms with van der Waals surface area (Å²) in [6, 6.07) is 0. The minimum Gasteiger partial charge on any atom is -0.393 e. The van der Waals surface area contributed by atoms with E-state index in [-0.39, 0.29) is 11.4 Å². The zero-order valence-electron chi connectivity index (χ0n) is 10.6. The fraction of sp³-hybridized carbons (Fsp3) is 0.545. The third-order valence-corrected chi connectivity index (χ3v) is 3.45.